The van der Waals surface area contributed by atoms with E-state index in [-0.39, 0.29) is 29.9 Å². The average Bonchev–Trinajstić information content (AvgIpc) is 3.22. The van der Waals surface area contributed by atoms with Gasteiger partial charge in [-0.25, -0.2) is 8.42 Å². The topological polar surface area (TPSA) is 124 Å². The van der Waals surface area contributed by atoms with Crippen LogP contribution in [0, 0.1) is 6.92 Å². The van der Waals surface area contributed by atoms with E-state index in [4.69, 9.17) is 14.0 Å². The maximum Gasteiger partial charge on any atom is 0.265 e. The van der Waals surface area contributed by atoms with Gasteiger partial charge in [0.1, 0.15) is 11.5 Å². The highest BCUT2D eigenvalue weighted by Gasteiger charge is 2.31. The summed E-state index contributed by atoms with van der Waals surface area (Å²) in [7, 11) is -2.52. The highest BCUT2D eigenvalue weighted by molar-refractivity contribution is 7.92. The fourth-order valence-electron chi connectivity index (χ4n) is 3.92. The number of ether oxygens (including phenoxy) is 2. The summed E-state index contributed by atoms with van der Waals surface area (Å²) in [6.07, 6.45) is 3.17. The normalized spacial score (nSPS) is 15.9. The summed E-state index contributed by atoms with van der Waals surface area (Å²) in [5, 5.41) is 4.01. The van der Waals surface area contributed by atoms with Crippen molar-refractivity contribution in [1.82, 2.24) is 10.1 Å². The van der Waals surface area contributed by atoms with Crippen molar-refractivity contribution in [3.05, 3.63) is 53.7 Å². The van der Waals surface area contributed by atoms with Gasteiger partial charge >= 0.3 is 0 Å². The molecule has 5 rings (SSSR count). The first kappa shape index (κ1) is 22.2. The second kappa shape index (κ2) is 8.64. The van der Waals surface area contributed by atoms with Crippen LogP contribution in [-0.4, -0.2) is 38.2 Å². The number of carbonyl (C=O) groups is 1. The van der Waals surface area contributed by atoms with E-state index in [0.717, 1.165) is 24.8 Å². The summed E-state index contributed by atoms with van der Waals surface area (Å²) < 4.78 is 45.1. The Hall–Kier alpha value is -3.60. The molecule has 2 aromatic carbocycles. The van der Waals surface area contributed by atoms with Crippen LogP contribution in [0.25, 0.3) is 0 Å². The van der Waals surface area contributed by atoms with Gasteiger partial charge in [-0.05, 0) is 55.7 Å². The number of fused-ring (bicyclic) bond motifs is 1. The van der Waals surface area contributed by atoms with Gasteiger partial charge in [-0.2, -0.15) is 4.98 Å². The van der Waals surface area contributed by atoms with E-state index in [1.54, 1.807) is 12.1 Å². The van der Waals surface area contributed by atoms with E-state index < -0.39 is 10.0 Å². The Morgan fingerprint density at radius 2 is 2.03 bits per heavy atom. The number of benzene rings is 2. The smallest absolute Gasteiger partial charge is 0.265 e. The number of anilines is 2. The first-order chi connectivity index (χ1) is 16.3. The van der Waals surface area contributed by atoms with Crippen LogP contribution in [0.5, 0.6) is 11.5 Å². The lowest BCUT2D eigenvalue weighted by molar-refractivity contribution is -0.121. The number of nitrogens with one attached hydrogen (secondary N) is 1. The molecular formula is C23H24N4O6S. The summed E-state index contributed by atoms with van der Waals surface area (Å²) in [6.45, 7) is 1.74. The Labute approximate surface area is 196 Å². The zero-order valence-corrected chi connectivity index (χ0v) is 19.6. The van der Waals surface area contributed by atoms with Gasteiger partial charge in [0.05, 0.1) is 29.9 Å². The average molecular weight is 485 g/mol. The maximum atomic E-state index is 13.2. The summed E-state index contributed by atoms with van der Waals surface area (Å²) in [5.74, 6) is 1.68. The molecule has 1 aliphatic heterocycles. The molecule has 1 amide bonds. The van der Waals surface area contributed by atoms with E-state index in [2.05, 4.69) is 14.9 Å². The predicted molar refractivity (Wildman–Crippen MR) is 123 cm³/mol. The van der Waals surface area contributed by atoms with Crippen LogP contribution in [0.1, 0.15) is 42.5 Å². The molecule has 1 aromatic heterocycles. The first-order valence-corrected chi connectivity index (χ1v) is 12.4. The third-order valence-corrected chi connectivity index (χ3v) is 7.38. The van der Waals surface area contributed by atoms with Gasteiger partial charge in [0.25, 0.3) is 15.9 Å². The fraction of sp³-hybridized carbons (Fsp3) is 0.348. The van der Waals surface area contributed by atoms with Crippen molar-refractivity contribution in [2.45, 2.75) is 43.5 Å². The molecule has 0 unspecified atom stereocenters. The monoisotopic (exact) mass is 484 g/mol. The quantitative estimate of drug-likeness (QED) is 0.541. The number of hydrogen-bond acceptors (Lipinski definition) is 8. The van der Waals surface area contributed by atoms with Gasteiger partial charge in [0.15, 0.2) is 12.4 Å². The molecule has 2 aliphatic rings. The van der Waals surface area contributed by atoms with Crippen LogP contribution in [0.2, 0.25) is 0 Å². The molecule has 11 heteroatoms. The Kier molecular flexibility index (Phi) is 5.64. The van der Waals surface area contributed by atoms with E-state index in [1.807, 2.05) is 13.0 Å². The molecular weight excluding hydrogens is 460 g/mol. The van der Waals surface area contributed by atoms with Crippen molar-refractivity contribution in [2.24, 2.45) is 0 Å². The summed E-state index contributed by atoms with van der Waals surface area (Å²) in [4.78, 5) is 18.5. The number of carbonyl (C=O) groups excluding carboxylic acids is 1. The SMILES string of the molecule is COc1ccc(C)cc1NS(=O)(=O)c1ccc2c(c1)N(Cc1noc(C3CCC3)n1)C(=O)CO2. The number of methoxy groups -OCH3 is 1. The number of hydrogen-bond donors (Lipinski definition) is 1. The van der Waals surface area contributed by atoms with Crippen LogP contribution in [-0.2, 0) is 21.4 Å². The Bertz CT molecular complexity index is 1350. The van der Waals surface area contributed by atoms with Gasteiger partial charge < -0.3 is 14.0 Å². The molecule has 0 atom stereocenters. The van der Waals surface area contributed by atoms with Crippen LogP contribution >= 0.6 is 0 Å². The van der Waals surface area contributed by atoms with Crippen molar-refractivity contribution < 1.29 is 27.2 Å². The van der Waals surface area contributed by atoms with Crippen LogP contribution in [0.15, 0.2) is 45.8 Å². The molecule has 3 aromatic rings. The summed E-state index contributed by atoms with van der Waals surface area (Å²) >= 11 is 0. The molecule has 10 nitrogen and oxygen atoms in total. The Morgan fingerprint density at radius 3 is 2.76 bits per heavy atom. The van der Waals surface area contributed by atoms with E-state index in [0.29, 0.717) is 34.6 Å². The van der Waals surface area contributed by atoms with E-state index in [9.17, 15) is 13.2 Å². The van der Waals surface area contributed by atoms with Crippen molar-refractivity contribution in [3.63, 3.8) is 0 Å². The lowest BCUT2D eigenvalue weighted by Gasteiger charge is -2.28. The maximum absolute atomic E-state index is 13.2. The lowest BCUT2D eigenvalue weighted by atomic mass is 9.85. The zero-order valence-electron chi connectivity index (χ0n) is 18.8. The molecule has 34 heavy (non-hydrogen) atoms. The molecule has 2 heterocycles. The van der Waals surface area contributed by atoms with E-state index in [1.165, 1.54) is 30.2 Å². The van der Waals surface area contributed by atoms with Crippen LogP contribution in [0.4, 0.5) is 11.4 Å². The molecule has 1 fully saturated rings. The number of rotatable bonds is 7. The van der Waals surface area contributed by atoms with Gasteiger partial charge in [-0.3, -0.25) is 14.4 Å². The molecule has 178 valence electrons. The molecule has 0 bridgehead atoms. The second-order valence-corrected chi connectivity index (χ2v) is 10.1. The zero-order chi connectivity index (χ0) is 23.9. The minimum atomic E-state index is -3.99. The molecule has 0 spiro atoms. The largest absolute Gasteiger partial charge is 0.495 e. The molecule has 1 aliphatic carbocycles. The van der Waals surface area contributed by atoms with Gasteiger partial charge in [-0.15, -0.1) is 0 Å². The highest BCUT2D eigenvalue weighted by Crippen LogP contribution is 2.37. The molecule has 0 radical (unpaired) electrons. The van der Waals surface area contributed by atoms with Crippen molar-refractivity contribution in [2.75, 3.05) is 23.3 Å². The van der Waals surface area contributed by atoms with Gasteiger partial charge in [0, 0.05) is 5.92 Å². The molecule has 1 saturated carbocycles. The van der Waals surface area contributed by atoms with Gasteiger partial charge in [-0.1, -0.05) is 17.6 Å². The van der Waals surface area contributed by atoms with Crippen molar-refractivity contribution in [3.8, 4) is 11.5 Å². The lowest BCUT2D eigenvalue weighted by Crippen LogP contribution is -2.38. The summed E-state index contributed by atoms with van der Waals surface area (Å²) in [6, 6.07) is 9.57. The van der Waals surface area contributed by atoms with E-state index >= 15 is 0 Å². The van der Waals surface area contributed by atoms with Crippen molar-refractivity contribution >= 4 is 27.3 Å². The highest BCUT2D eigenvalue weighted by atomic mass is 32.2. The molecule has 0 saturated heterocycles. The third-order valence-electron chi connectivity index (χ3n) is 6.02. The predicted octanol–water partition coefficient (Wildman–Crippen LogP) is 3.38. The van der Waals surface area contributed by atoms with Crippen LogP contribution < -0.4 is 19.1 Å². The molecule has 1 N–H and O–H groups in total. The number of aryl methyl sites for hydroxylation is 1. The number of nitrogens with zero attached hydrogens (tertiary/aromatic N) is 3. The van der Waals surface area contributed by atoms with Gasteiger partial charge in [0.2, 0.25) is 5.89 Å². The first-order valence-electron chi connectivity index (χ1n) is 10.9. The third kappa shape index (κ3) is 4.18. The Morgan fingerprint density at radius 1 is 1.21 bits per heavy atom. The second-order valence-electron chi connectivity index (χ2n) is 8.38. The standard InChI is InChI=1S/C23H24N4O6S/c1-14-6-8-19(31-2)17(10-14)26-34(29,30)16-7-9-20-18(11-16)27(22(28)13-32-20)12-21-24-23(33-25-21)15-4-3-5-15/h6-11,15,26H,3-5,12-13H2,1-2H3. The van der Waals surface area contributed by atoms with Crippen molar-refractivity contribution in [1.29, 1.82) is 0 Å². The minimum Gasteiger partial charge on any atom is -0.495 e. The minimum absolute atomic E-state index is 0.0265. The number of amides is 1. The number of sulfonamides is 1. The summed E-state index contributed by atoms with van der Waals surface area (Å²) in [5.41, 5.74) is 1.51. The van der Waals surface area contributed by atoms with Crippen LogP contribution in [0.3, 0.4) is 0 Å². The fourth-order valence-corrected chi connectivity index (χ4v) is 5.00. The Balaban J connectivity index is 1.44. The number of aromatic nitrogens is 2.